The van der Waals surface area contributed by atoms with Crippen LogP contribution in [-0.4, -0.2) is 31.2 Å². The number of hydrogen-bond acceptors (Lipinski definition) is 5. The molecule has 0 aliphatic heterocycles. The van der Waals surface area contributed by atoms with Crippen molar-refractivity contribution in [3.05, 3.63) is 12.2 Å². The van der Waals surface area contributed by atoms with Crippen molar-refractivity contribution >= 4 is 18.0 Å². The van der Waals surface area contributed by atoms with Crippen LogP contribution in [0.4, 0.5) is 4.79 Å². The number of hydrogen-bond donors (Lipinski definition) is 1. The largest absolute Gasteiger partial charge is 0.453 e. The molecule has 0 heterocycles. The first-order valence-electron chi connectivity index (χ1n) is 5.79. The fourth-order valence-corrected chi connectivity index (χ4v) is 1.58. The number of carbonyl (C=O) groups is 3. The summed E-state index contributed by atoms with van der Waals surface area (Å²) in [7, 11) is 1.15. The highest BCUT2D eigenvalue weighted by Gasteiger charge is 2.25. The van der Waals surface area contributed by atoms with E-state index < -0.39 is 24.1 Å². The SMILES string of the molecule is COC(=O)NC(=O)[C@@H](C)OC(=O)[C@@H]1CC=CCC1. The Morgan fingerprint density at radius 2 is 2.06 bits per heavy atom. The van der Waals surface area contributed by atoms with Gasteiger partial charge in [0.2, 0.25) is 0 Å². The van der Waals surface area contributed by atoms with Gasteiger partial charge in [-0.05, 0) is 26.2 Å². The lowest BCUT2D eigenvalue weighted by Gasteiger charge is -2.19. The molecular weight excluding hydrogens is 238 g/mol. The average Bonchev–Trinajstić information content (AvgIpc) is 2.39. The van der Waals surface area contributed by atoms with Crippen molar-refractivity contribution in [3.8, 4) is 0 Å². The van der Waals surface area contributed by atoms with Crippen LogP contribution >= 0.6 is 0 Å². The zero-order valence-corrected chi connectivity index (χ0v) is 10.5. The maximum absolute atomic E-state index is 11.7. The molecule has 6 nitrogen and oxygen atoms in total. The molecule has 0 bridgehead atoms. The molecule has 0 fully saturated rings. The number of imide groups is 1. The zero-order valence-electron chi connectivity index (χ0n) is 10.5. The van der Waals surface area contributed by atoms with Crippen LogP contribution in [0.2, 0.25) is 0 Å². The first kappa shape index (κ1) is 14.2. The van der Waals surface area contributed by atoms with Gasteiger partial charge in [0.05, 0.1) is 13.0 Å². The molecule has 1 rings (SSSR count). The second kappa shape index (κ2) is 6.78. The van der Waals surface area contributed by atoms with Crippen molar-refractivity contribution in [1.29, 1.82) is 0 Å². The van der Waals surface area contributed by atoms with Crippen LogP contribution in [0, 0.1) is 5.92 Å². The van der Waals surface area contributed by atoms with E-state index in [4.69, 9.17) is 4.74 Å². The highest BCUT2D eigenvalue weighted by Crippen LogP contribution is 2.20. The van der Waals surface area contributed by atoms with E-state index in [1.807, 2.05) is 17.5 Å². The zero-order chi connectivity index (χ0) is 13.5. The number of carbonyl (C=O) groups excluding carboxylic acids is 3. The summed E-state index contributed by atoms with van der Waals surface area (Å²) in [4.78, 5) is 34.0. The summed E-state index contributed by atoms with van der Waals surface area (Å²) in [5.41, 5.74) is 0. The van der Waals surface area contributed by atoms with Crippen molar-refractivity contribution in [2.75, 3.05) is 7.11 Å². The molecule has 2 atom stereocenters. The lowest BCUT2D eigenvalue weighted by Crippen LogP contribution is -2.40. The van der Waals surface area contributed by atoms with Gasteiger partial charge in [0, 0.05) is 0 Å². The van der Waals surface area contributed by atoms with Crippen LogP contribution in [0.1, 0.15) is 26.2 Å². The van der Waals surface area contributed by atoms with Gasteiger partial charge in [-0.25, -0.2) is 4.79 Å². The van der Waals surface area contributed by atoms with E-state index in [2.05, 4.69) is 4.74 Å². The Labute approximate surface area is 105 Å². The summed E-state index contributed by atoms with van der Waals surface area (Å²) in [6, 6.07) is 0. The molecule has 0 aromatic heterocycles. The Balaban J connectivity index is 2.41. The summed E-state index contributed by atoms with van der Waals surface area (Å²) >= 11 is 0. The van der Waals surface area contributed by atoms with E-state index in [1.54, 1.807) is 0 Å². The minimum Gasteiger partial charge on any atom is -0.453 e. The molecule has 0 aromatic rings. The van der Waals surface area contributed by atoms with Gasteiger partial charge < -0.3 is 9.47 Å². The monoisotopic (exact) mass is 255 g/mol. The number of nitrogens with one attached hydrogen (secondary N) is 1. The van der Waals surface area contributed by atoms with E-state index in [0.717, 1.165) is 20.0 Å². The fourth-order valence-electron chi connectivity index (χ4n) is 1.58. The predicted molar refractivity (Wildman–Crippen MR) is 62.6 cm³/mol. The van der Waals surface area contributed by atoms with Gasteiger partial charge in [-0.2, -0.15) is 0 Å². The maximum Gasteiger partial charge on any atom is 0.413 e. The second-order valence-electron chi connectivity index (χ2n) is 4.04. The molecule has 0 saturated carbocycles. The summed E-state index contributed by atoms with van der Waals surface area (Å²) in [5, 5.41) is 1.95. The third kappa shape index (κ3) is 4.20. The predicted octanol–water partition coefficient (Wildman–Crippen LogP) is 1.16. The Kier molecular flexibility index (Phi) is 5.35. The molecule has 0 radical (unpaired) electrons. The summed E-state index contributed by atoms with van der Waals surface area (Å²) in [5.74, 6) is -1.31. The molecule has 0 spiro atoms. The van der Waals surface area contributed by atoms with Gasteiger partial charge in [-0.1, -0.05) is 12.2 Å². The summed E-state index contributed by atoms with van der Waals surface area (Å²) in [6.07, 6.45) is 4.24. The van der Waals surface area contributed by atoms with Crippen LogP contribution in [0.25, 0.3) is 0 Å². The van der Waals surface area contributed by atoms with Crippen molar-refractivity contribution in [3.63, 3.8) is 0 Å². The van der Waals surface area contributed by atoms with Crippen molar-refractivity contribution in [1.82, 2.24) is 5.32 Å². The highest BCUT2D eigenvalue weighted by atomic mass is 16.6. The van der Waals surface area contributed by atoms with E-state index in [9.17, 15) is 14.4 Å². The third-order valence-electron chi connectivity index (χ3n) is 2.68. The molecule has 0 saturated heterocycles. The Morgan fingerprint density at radius 3 is 2.61 bits per heavy atom. The van der Waals surface area contributed by atoms with E-state index >= 15 is 0 Å². The normalized spacial score (nSPS) is 19.8. The van der Waals surface area contributed by atoms with Crippen molar-refractivity contribution < 1.29 is 23.9 Å². The number of ether oxygens (including phenoxy) is 2. The lowest BCUT2D eigenvalue weighted by molar-refractivity contribution is -0.158. The van der Waals surface area contributed by atoms with Crippen LogP contribution < -0.4 is 5.32 Å². The van der Waals surface area contributed by atoms with Gasteiger partial charge in [-0.3, -0.25) is 14.9 Å². The van der Waals surface area contributed by atoms with Gasteiger partial charge in [0.25, 0.3) is 5.91 Å². The first-order chi connectivity index (χ1) is 8.54. The number of rotatable bonds is 3. The maximum atomic E-state index is 11.7. The Hall–Kier alpha value is -1.85. The van der Waals surface area contributed by atoms with E-state index in [1.165, 1.54) is 6.92 Å². The van der Waals surface area contributed by atoms with Crippen LogP contribution in [0.3, 0.4) is 0 Å². The fraction of sp³-hybridized carbons (Fsp3) is 0.583. The van der Waals surface area contributed by atoms with Crippen LogP contribution in [0.15, 0.2) is 12.2 Å². The first-order valence-corrected chi connectivity index (χ1v) is 5.79. The Morgan fingerprint density at radius 1 is 1.33 bits per heavy atom. The molecular formula is C12H17NO5. The Bertz CT molecular complexity index is 363. The molecule has 0 aromatic carbocycles. The van der Waals surface area contributed by atoms with Gasteiger partial charge in [0.15, 0.2) is 6.10 Å². The number of alkyl carbamates (subject to hydrolysis) is 1. The third-order valence-corrected chi connectivity index (χ3v) is 2.68. The minimum atomic E-state index is -1.01. The topological polar surface area (TPSA) is 81.7 Å². The molecule has 1 aliphatic rings. The molecule has 2 amide bonds. The molecule has 18 heavy (non-hydrogen) atoms. The van der Waals surface area contributed by atoms with Crippen molar-refractivity contribution in [2.24, 2.45) is 5.92 Å². The smallest absolute Gasteiger partial charge is 0.413 e. The molecule has 0 unspecified atom stereocenters. The number of amides is 2. The van der Waals surface area contributed by atoms with E-state index in [-0.39, 0.29) is 5.92 Å². The lowest BCUT2D eigenvalue weighted by atomic mass is 9.95. The number of methoxy groups -OCH3 is 1. The van der Waals surface area contributed by atoms with Gasteiger partial charge >= 0.3 is 12.1 Å². The molecule has 1 aliphatic carbocycles. The van der Waals surface area contributed by atoms with E-state index in [0.29, 0.717) is 6.42 Å². The summed E-state index contributed by atoms with van der Waals surface area (Å²) in [6.45, 7) is 1.41. The number of esters is 1. The molecule has 1 N–H and O–H groups in total. The van der Waals surface area contributed by atoms with Crippen LogP contribution in [-0.2, 0) is 19.1 Å². The van der Waals surface area contributed by atoms with Gasteiger partial charge in [0.1, 0.15) is 0 Å². The molecule has 100 valence electrons. The number of allylic oxidation sites excluding steroid dienone is 2. The van der Waals surface area contributed by atoms with Crippen molar-refractivity contribution in [2.45, 2.75) is 32.3 Å². The standard InChI is InChI=1S/C12H17NO5/c1-8(10(14)13-12(16)17-2)18-11(15)9-6-4-3-5-7-9/h3-4,8-9H,5-7H2,1-2H3,(H,13,14,16)/t8-,9-/m1/s1. The molecule has 6 heteroatoms. The summed E-state index contributed by atoms with van der Waals surface area (Å²) < 4.78 is 9.28. The highest BCUT2D eigenvalue weighted by molar-refractivity contribution is 5.95. The minimum absolute atomic E-state index is 0.205. The average molecular weight is 255 g/mol. The quantitative estimate of drug-likeness (QED) is 0.604. The second-order valence-corrected chi connectivity index (χ2v) is 4.04. The van der Waals surface area contributed by atoms with Crippen LogP contribution in [0.5, 0.6) is 0 Å². The van der Waals surface area contributed by atoms with Gasteiger partial charge in [-0.15, -0.1) is 0 Å².